The molecule has 0 N–H and O–H groups in total. The average molecular weight is 297 g/mol. The Morgan fingerprint density at radius 1 is 1.23 bits per heavy atom. The van der Waals surface area contributed by atoms with Crippen LogP contribution in [-0.2, 0) is 29.7 Å². The lowest BCUT2D eigenvalue weighted by Gasteiger charge is -2.30. The van der Waals surface area contributed by atoms with Crippen LogP contribution in [0.15, 0.2) is 36.5 Å². The molecule has 1 aromatic heterocycles. The summed E-state index contributed by atoms with van der Waals surface area (Å²) in [5.74, 6) is 0.195. The van der Waals surface area contributed by atoms with Gasteiger partial charge in [-0.25, -0.2) is 0 Å². The minimum atomic E-state index is -0.0101. The summed E-state index contributed by atoms with van der Waals surface area (Å²) in [6.45, 7) is 7.94. The highest BCUT2D eigenvalue weighted by Crippen LogP contribution is 2.24. The first kappa shape index (κ1) is 14.8. The third-order valence-corrected chi connectivity index (χ3v) is 4.12. The first-order chi connectivity index (χ1) is 10.4. The van der Waals surface area contributed by atoms with Crippen LogP contribution in [0, 0.1) is 0 Å². The van der Waals surface area contributed by atoms with Gasteiger partial charge < -0.3 is 4.90 Å². The summed E-state index contributed by atoms with van der Waals surface area (Å²) in [6.07, 6.45) is 3.28. The summed E-state index contributed by atoms with van der Waals surface area (Å²) in [5, 5.41) is 4.53. The molecule has 0 saturated carbocycles. The van der Waals surface area contributed by atoms with Crippen molar-refractivity contribution in [3.8, 4) is 0 Å². The molecule has 4 heteroatoms. The molecular weight excluding hydrogens is 274 g/mol. The molecule has 22 heavy (non-hydrogen) atoms. The molecule has 1 aliphatic heterocycles. The molecule has 116 valence electrons. The van der Waals surface area contributed by atoms with Gasteiger partial charge in [0.15, 0.2) is 0 Å². The van der Waals surface area contributed by atoms with Gasteiger partial charge in [-0.15, -0.1) is 0 Å². The highest BCUT2D eigenvalue weighted by molar-refractivity contribution is 5.79. The van der Waals surface area contributed by atoms with Crippen LogP contribution >= 0.6 is 0 Å². The van der Waals surface area contributed by atoms with Crippen molar-refractivity contribution in [2.45, 2.75) is 45.7 Å². The maximum Gasteiger partial charge on any atom is 0.227 e. The van der Waals surface area contributed by atoms with E-state index in [0.717, 1.165) is 18.5 Å². The molecule has 4 nitrogen and oxygen atoms in total. The molecule has 1 amide bonds. The molecule has 0 fully saturated rings. The number of amides is 1. The van der Waals surface area contributed by atoms with Gasteiger partial charge in [0.2, 0.25) is 5.91 Å². The second kappa shape index (κ2) is 5.59. The Morgan fingerprint density at radius 3 is 2.64 bits per heavy atom. The van der Waals surface area contributed by atoms with Crippen LogP contribution in [0.5, 0.6) is 0 Å². The number of nitrogens with zero attached hydrogens (tertiary/aromatic N) is 3. The molecule has 2 aromatic rings. The molecule has 0 unspecified atom stereocenters. The fourth-order valence-electron chi connectivity index (χ4n) is 3.00. The van der Waals surface area contributed by atoms with Crippen LogP contribution in [0.4, 0.5) is 0 Å². The lowest BCUT2D eigenvalue weighted by molar-refractivity contribution is -0.131. The Morgan fingerprint density at radius 2 is 1.95 bits per heavy atom. The number of aromatic nitrogens is 2. The molecule has 3 rings (SSSR count). The molecule has 1 aliphatic rings. The summed E-state index contributed by atoms with van der Waals surface area (Å²) in [7, 11) is 0. The van der Waals surface area contributed by atoms with Crippen LogP contribution in [-0.4, -0.2) is 27.1 Å². The Kier molecular flexibility index (Phi) is 3.77. The summed E-state index contributed by atoms with van der Waals surface area (Å²) >= 11 is 0. The zero-order valence-electron chi connectivity index (χ0n) is 13.5. The van der Waals surface area contributed by atoms with Crippen molar-refractivity contribution in [3.05, 3.63) is 53.3 Å². The number of carbonyl (C=O) groups is 1. The van der Waals surface area contributed by atoms with Crippen molar-refractivity contribution < 1.29 is 4.79 Å². The van der Waals surface area contributed by atoms with Crippen molar-refractivity contribution in [1.29, 1.82) is 0 Å². The summed E-state index contributed by atoms with van der Waals surface area (Å²) in [4.78, 5) is 14.4. The second-order valence-corrected chi connectivity index (χ2v) is 6.93. The molecule has 0 saturated heterocycles. The zero-order chi connectivity index (χ0) is 15.7. The SMILES string of the molecule is CC(C)(C)n1ncc2c1CCN(C(=O)Cc1ccccc1)C2. The number of rotatable bonds is 2. The first-order valence-corrected chi connectivity index (χ1v) is 7.83. The van der Waals surface area contributed by atoms with E-state index < -0.39 is 0 Å². The van der Waals surface area contributed by atoms with E-state index in [1.807, 2.05) is 41.4 Å². The molecular formula is C18H23N3O. The van der Waals surface area contributed by atoms with Crippen molar-refractivity contribution in [2.75, 3.05) is 6.54 Å². The monoisotopic (exact) mass is 297 g/mol. The van der Waals surface area contributed by atoms with Gasteiger partial charge in [-0.3, -0.25) is 9.48 Å². The van der Waals surface area contributed by atoms with Gasteiger partial charge in [0, 0.05) is 30.8 Å². The molecule has 0 radical (unpaired) electrons. The molecule has 2 heterocycles. The number of fused-ring (bicyclic) bond motifs is 1. The molecule has 1 aromatic carbocycles. The number of benzene rings is 1. The van der Waals surface area contributed by atoms with Crippen LogP contribution in [0.3, 0.4) is 0 Å². The van der Waals surface area contributed by atoms with Gasteiger partial charge >= 0.3 is 0 Å². The lowest BCUT2D eigenvalue weighted by Crippen LogP contribution is -2.38. The van der Waals surface area contributed by atoms with Crippen LogP contribution < -0.4 is 0 Å². The van der Waals surface area contributed by atoms with E-state index in [9.17, 15) is 4.79 Å². The van der Waals surface area contributed by atoms with Crippen molar-refractivity contribution in [1.82, 2.24) is 14.7 Å². The van der Waals surface area contributed by atoms with Gasteiger partial charge in [0.1, 0.15) is 0 Å². The van der Waals surface area contributed by atoms with E-state index in [1.54, 1.807) is 0 Å². The van der Waals surface area contributed by atoms with Gasteiger partial charge in [0.05, 0.1) is 18.2 Å². The van der Waals surface area contributed by atoms with Crippen molar-refractivity contribution >= 4 is 5.91 Å². The maximum absolute atomic E-state index is 12.5. The molecule has 0 spiro atoms. The zero-order valence-corrected chi connectivity index (χ0v) is 13.5. The van der Waals surface area contributed by atoms with Crippen molar-refractivity contribution in [3.63, 3.8) is 0 Å². The number of carbonyl (C=O) groups excluding carboxylic acids is 1. The lowest BCUT2D eigenvalue weighted by atomic mass is 10.0. The normalized spacial score (nSPS) is 14.8. The fraction of sp³-hybridized carbons (Fsp3) is 0.444. The minimum absolute atomic E-state index is 0.0101. The van der Waals surface area contributed by atoms with Crippen LogP contribution in [0.1, 0.15) is 37.6 Å². The van der Waals surface area contributed by atoms with E-state index in [4.69, 9.17) is 0 Å². The highest BCUT2D eigenvalue weighted by Gasteiger charge is 2.27. The van der Waals surface area contributed by atoms with Gasteiger partial charge in [-0.05, 0) is 26.3 Å². The van der Waals surface area contributed by atoms with E-state index in [2.05, 4.69) is 30.6 Å². The van der Waals surface area contributed by atoms with Crippen LogP contribution in [0.25, 0.3) is 0 Å². The van der Waals surface area contributed by atoms with E-state index >= 15 is 0 Å². The van der Waals surface area contributed by atoms with E-state index in [1.165, 1.54) is 11.3 Å². The quantitative estimate of drug-likeness (QED) is 0.855. The molecule has 0 bridgehead atoms. The third-order valence-electron chi connectivity index (χ3n) is 4.12. The second-order valence-electron chi connectivity index (χ2n) is 6.93. The number of hydrogen-bond donors (Lipinski definition) is 0. The summed E-state index contributed by atoms with van der Waals surface area (Å²) in [5.41, 5.74) is 3.52. The predicted molar refractivity (Wildman–Crippen MR) is 86.5 cm³/mol. The Balaban J connectivity index is 1.72. The average Bonchev–Trinajstić information content (AvgIpc) is 2.91. The van der Waals surface area contributed by atoms with E-state index in [0.29, 0.717) is 13.0 Å². The van der Waals surface area contributed by atoms with Crippen molar-refractivity contribution in [2.24, 2.45) is 0 Å². The number of hydrogen-bond acceptors (Lipinski definition) is 2. The first-order valence-electron chi connectivity index (χ1n) is 7.83. The Labute approximate surface area is 131 Å². The highest BCUT2D eigenvalue weighted by atomic mass is 16.2. The summed E-state index contributed by atoms with van der Waals surface area (Å²) < 4.78 is 2.10. The largest absolute Gasteiger partial charge is 0.338 e. The predicted octanol–water partition coefficient (Wildman–Crippen LogP) is 2.77. The van der Waals surface area contributed by atoms with Gasteiger partial charge in [-0.2, -0.15) is 5.10 Å². The topological polar surface area (TPSA) is 38.1 Å². The summed E-state index contributed by atoms with van der Waals surface area (Å²) in [6, 6.07) is 9.94. The van der Waals surface area contributed by atoms with Crippen LogP contribution in [0.2, 0.25) is 0 Å². The standard InChI is InChI=1S/C18H23N3O/c1-18(2,3)21-16-9-10-20(13-15(16)12-19-21)17(22)11-14-7-5-4-6-8-14/h4-8,12H,9-11,13H2,1-3H3. The molecule has 0 atom stereocenters. The maximum atomic E-state index is 12.5. The Hall–Kier alpha value is -2.10. The van der Waals surface area contributed by atoms with Gasteiger partial charge in [0.25, 0.3) is 0 Å². The molecule has 0 aliphatic carbocycles. The third kappa shape index (κ3) is 2.91. The minimum Gasteiger partial charge on any atom is -0.338 e. The van der Waals surface area contributed by atoms with E-state index in [-0.39, 0.29) is 11.4 Å². The van der Waals surface area contributed by atoms with Gasteiger partial charge in [-0.1, -0.05) is 30.3 Å². The Bertz CT molecular complexity index is 667. The fourth-order valence-corrected chi connectivity index (χ4v) is 3.00. The smallest absolute Gasteiger partial charge is 0.227 e.